The van der Waals surface area contributed by atoms with Crippen molar-refractivity contribution in [2.45, 2.75) is 36.2 Å². The van der Waals surface area contributed by atoms with Gasteiger partial charge < -0.3 is 4.74 Å². The van der Waals surface area contributed by atoms with Gasteiger partial charge in [0, 0.05) is 6.07 Å². The van der Waals surface area contributed by atoms with E-state index in [2.05, 4.69) is 4.74 Å². The highest BCUT2D eigenvalue weighted by molar-refractivity contribution is 5.53. The monoisotopic (exact) mass is 484 g/mol. The number of non-ortho nitro benzene ring substituents is 1. The molecule has 0 aliphatic rings. The Morgan fingerprint density at radius 2 is 1.26 bits per heavy atom. The number of halogens is 12. The van der Waals surface area contributed by atoms with Crippen LogP contribution in [-0.2, 0) is 0 Å². The zero-order valence-electron chi connectivity index (χ0n) is 13.8. The zero-order chi connectivity index (χ0) is 24.8. The van der Waals surface area contributed by atoms with Crippen LogP contribution in [0.2, 0.25) is 0 Å². The fourth-order valence-corrected chi connectivity index (χ4v) is 1.78. The fourth-order valence-electron chi connectivity index (χ4n) is 1.78. The van der Waals surface area contributed by atoms with Crippen LogP contribution in [0.1, 0.15) is 0 Å². The van der Waals surface area contributed by atoms with Gasteiger partial charge in [-0.25, -0.2) is 8.78 Å². The second-order valence-corrected chi connectivity index (χ2v) is 5.43. The summed E-state index contributed by atoms with van der Waals surface area (Å²) in [7, 11) is 0. The topological polar surface area (TPSA) is 95.5 Å². The molecule has 0 bridgehead atoms. The summed E-state index contributed by atoms with van der Waals surface area (Å²) in [6.07, 6.45) is -12.7. The van der Waals surface area contributed by atoms with Gasteiger partial charge in [-0.15, -0.1) is 0 Å². The minimum atomic E-state index is -7.90. The van der Waals surface area contributed by atoms with Crippen molar-refractivity contribution in [3.05, 3.63) is 38.4 Å². The summed E-state index contributed by atoms with van der Waals surface area (Å²) in [4.78, 5) is 18.1. The molecule has 19 heteroatoms. The minimum Gasteiger partial charge on any atom is -0.420 e. The average molecular weight is 484 g/mol. The first-order valence-corrected chi connectivity index (χ1v) is 6.94. The van der Waals surface area contributed by atoms with E-state index in [4.69, 9.17) is 0 Å². The van der Waals surface area contributed by atoms with Crippen molar-refractivity contribution in [2.75, 3.05) is 0 Å². The van der Waals surface area contributed by atoms with Gasteiger partial charge in [-0.2, -0.15) is 43.9 Å². The molecule has 0 fully saturated rings. The van der Waals surface area contributed by atoms with Crippen molar-refractivity contribution in [3.8, 4) is 5.75 Å². The van der Waals surface area contributed by atoms with E-state index in [-0.39, 0.29) is 18.2 Å². The Bertz CT molecular complexity index is 876. The van der Waals surface area contributed by atoms with Gasteiger partial charge in [0.1, 0.15) is 0 Å². The van der Waals surface area contributed by atoms with Crippen LogP contribution in [-0.4, -0.2) is 46.1 Å². The lowest BCUT2D eigenvalue weighted by Crippen LogP contribution is -2.69. The molecule has 0 atom stereocenters. The Labute approximate surface area is 160 Å². The minimum absolute atomic E-state index is 0.105. The number of alkyl halides is 12. The summed E-state index contributed by atoms with van der Waals surface area (Å²) in [5.74, 6) is -32.7. The lowest BCUT2D eigenvalue weighted by atomic mass is 9.98. The highest BCUT2D eigenvalue weighted by Gasteiger charge is 2.89. The lowest BCUT2D eigenvalue weighted by molar-refractivity contribution is -0.440. The van der Waals surface area contributed by atoms with Crippen molar-refractivity contribution in [1.29, 1.82) is 0 Å². The number of hydrogen-bond acceptors (Lipinski definition) is 5. The summed E-state index contributed by atoms with van der Waals surface area (Å²) in [6, 6.07) is -0.264. The molecule has 0 saturated heterocycles. The molecule has 0 N–H and O–H groups in total. The maximum Gasteiger partial charge on any atom is 0.471 e. The smallest absolute Gasteiger partial charge is 0.420 e. The van der Waals surface area contributed by atoms with Gasteiger partial charge in [0.2, 0.25) is 5.75 Å². The normalized spacial score (nSPS) is 14.0. The predicted octanol–water partition coefficient (Wildman–Crippen LogP) is 5.28. The van der Waals surface area contributed by atoms with Gasteiger partial charge in [0.05, 0.1) is 15.9 Å². The SMILES string of the molecule is O=[N+]([O-])c1ccc(OC(F)(F)C(F)(F)C(F)(F)C(F)(F)C(F)(F)C(F)F)c([N+](=O)[O-])c1. The first-order valence-electron chi connectivity index (χ1n) is 6.94. The van der Waals surface area contributed by atoms with E-state index in [1.54, 1.807) is 0 Å². The standard InChI is InChI=1S/C12H4F12N2O5/c13-7(14)8(15,16)9(17,18)10(19,20)11(21,22)12(23,24)31-6-2-1-4(25(27)28)3-5(6)26(29)30/h1-3,7H. The van der Waals surface area contributed by atoms with E-state index in [0.717, 1.165) is 0 Å². The van der Waals surface area contributed by atoms with Gasteiger partial charge in [-0.1, -0.05) is 0 Å². The van der Waals surface area contributed by atoms with E-state index >= 15 is 0 Å². The molecular weight excluding hydrogens is 480 g/mol. The van der Waals surface area contributed by atoms with Crippen molar-refractivity contribution >= 4 is 11.4 Å². The Morgan fingerprint density at radius 1 is 0.774 bits per heavy atom. The van der Waals surface area contributed by atoms with Gasteiger partial charge in [0.25, 0.3) is 5.69 Å². The first kappa shape index (κ1) is 26.0. The zero-order valence-corrected chi connectivity index (χ0v) is 13.8. The Morgan fingerprint density at radius 3 is 1.65 bits per heavy atom. The first-order chi connectivity index (χ1) is 13.6. The molecule has 1 rings (SSSR count). The molecule has 0 aliphatic heterocycles. The van der Waals surface area contributed by atoms with E-state index in [1.807, 2.05) is 0 Å². The van der Waals surface area contributed by atoms with Crippen molar-refractivity contribution in [3.63, 3.8) is 0 Å². The van der Waals surface area contributed by atoms with E-state index in [9.17, 15) is 72.9 Å². The number of benzene rings is 1. The second-order valence-electron chi connectivity index (χ2n) is 5.43. The van der Waals surface area contributed by atoms with Gasteiger partial charge in [0.15, 0.2) is 0 Å². The fraction of sp³-hybridized carbons (Fsp3) is 0.500. The molecule has 0 saturated carbocycles. The molecular formula is C12H4F12N2O5. The van der Waals surface area contributed by atoms with E-state index in [1.165, 1.54) is 0 Å². The summed E-state index contributed by atoms with van der Waals surface area (Å²) in [5, 5.41) is 21.2. The number of hydrogen-bond donors (Lipinski definition) is 0. The van der Waals surface area contributed by atoms with Crippen LogP contribution >= 0.6 is 0 Å². The number of rotatable bonds is 9. The maximum atomic E-state index is 13.6. The van der Waals surface area contributed by atoms with Crippen molar-refractivity contribution < 1.29 is 67.3 Å². The summed E-state index contributed by atoms with van der Waals surface area (Å²) in [6.45, 7) is 0. The Balaban J connectivity index is 3.53. The second kappa shape index (κ2) is 7.59. The highest BCUT2D eigenvalue weighted by Crippen LogP contribution is 2.58. The number of nitrogens with zero attached hydrogens (tertiary/aromatic N) is 2. The molecule has 0 aliphatic carbocycles. The molecule has 176 valence electrons. The summed E-state index contributed by atoms with van der Waals surface area (Å²) >= 11 is 0. The third kappa shape index (κ3) is 3.99. The lowest BCUT2D eigenvalue weighted by Gasteiger charge is -2.38. The molecule has 7 nitrogen and oxygen atoms in total. The van der Waals surface area contributed by atoms with Crippen LogP contribution in [0.15, 0.2) is 18.2 Å². The van der Waals surface area contributed by atoms with Crippen molar-refractivity contribution in [2.24, 2.45) is 0 Å². The maximum absolute atomic E-state index is 13.6. The molecule has 1 aromatic rings. The van der Waals surface area contributed by atoms with Crippen LogP contribution < -0.4 is 4.74 Å². The molecule has 0 amide bonds. The Kier molecular flexibility index (Phi) is 6.37. The van der Waals surface area contributed by atoms with E-state index < -0.39 is 63.2 Å². The van der Waals surface area contributed by atoms with Crippen LogP contribution in [0.5, 0.6) is 5.75 Å². The molecule has 0 aromatic heterocycles. The number of nitro groups is 2. The van der Waals surface area contributed by atoms with Crippen LogP contribution in [0.3, 0.4) is 0 Å². The van der Waals surface area contributed by atoms with E-state index in [0.29, 0.717) is 0 Å². The van der Waals surface area contributed by atoms with Gasteiger partial charge in [-0.3, -0.25) is 20.2 Å². The largest absolute Gasteiger partial charge is 0.471 e. The molecule has 1 aromatic carbocycles. The average Bonchev–Trinajstić information content (AvgIpc) is 2.60. The molecule has 0 radical (unpaired) electrons. The van der Waals surface area contributed by atoms with Crippen LogP contribution in [0, 0.1) is 20.2 Å². The number of ether oxygens (including phenoxy) is 1. The molecule has 0 spiro atoms. The van der Waals surface area contributed by atoms with Crippen LogP contribution in [0.4, 0.5) is 64.1 Å². The Hall–Kier alpha value is -3.02. The number of nitro benzene ring substituents is 2. The molecule has 0 unspecified atom stereocenters. The predicted molar refractivity (Wildman–Crippen MR) is 71.1 cm³/mol. The third-order valence-corrected chi connectivity index (χ3v) is 3.44. The van der Waals surface area contributed by atoms with Gasteiger partial charge >= 0.3 is 41.9 Å². The summed E-state index contributed by atoms with van der Waals surface area (Å²) in [5.41, 5.74) is -3.14. The highest BCUT2D eigenvalue weighted by atomic mass is 19.4. The third-order valence-electron chi connectivity index (χ3n) is 3.44. The van der Waals surface area contributed by atoms with Crippen LogP contribution in [0.25, 0.3) is 0 Å². The molecule has 31 heavy (non-hydrogen) atoms. The summed E-state index contributed by atoms with van der Waals surface area (Å²) < 4.78 is 160. The van der Waals surface area contributed by atoms with Gasteiger partial charge in [-0.05, 0) is 6.07 Å². The molecule has 0 heterocycles. The van der Waals surface area contributed by atoms with Crippen molar-refractivity contribution in [1.82, 2.24) is 0 Å². The quantitative estimate of drug-likeness (QED) is 0.270.